The van der Waals surface area contributed by atoms with Crippen LogP contribution in [0.5, 0.6) is 0 Å². The summed E-state index contributed by atoms with van der Waals surface area (Å²) in [7, 11) is 2.04. The molecule has 0 heterocycles. The van der Waals surface area contributed by atoms with Crippen LogP contribution in [-0.4, -0.2) is 30.9 Å². The van der Waals surface area contributed by atoms with Gasteiger partial charge in [-0.2, -0.15) is 0 Å². The lowest BCUT2D eigenvalue weighted by Crippen LogP contribution is -2.26. The zero-order valence-corrected chi connectivity index (χ0v) is 13.8. The molecule has 1 saturated carbocycles. The Morgan fingerprint density at radius 2 is 2.00 bits per heavy atom. The van der Waals surface area contributed by atoms with Crippen molar-refractivity contribution in [3.05, 3.63) is 22.2 Å². The van der Waals surface area contributed by atoms with Gasteiger partial charge in [0.1, 0.15) is 0 Å². The van der Waals surface area contributed by atoms with Crippen molar-refractivity contribution in [1.82, 2.24) is 4.90 Å². The molecule has 2 atom stereocenters. The van der Waals surface area contributed by atoms with Gasteiger partial charge in [0, 0.05) is 25.2 Å². The molecule has 0 aromatic heterocycles. The molecule has 1 aromatic carbocycles. The summed E-state index contributed by atoms with van der Waals surface area (Å²) in [6.07, 6.45) is 1.71. The zero-order valence-electron chi connectivity index (χ0n) is 12.3. The number of halogens is 2. The fourth-order valence-electron chi connectivity index (χ4n) is 2.35. The Bertz CT molecular complexity index is 513. The molecule has 3 N–H and O–H groups in total. The van der Waals surface area contributed by atoms with Crippen LogP contribution in [0, 0.1) is 11.8 Å². The predicted molar refractivity (Wildman–Crippen MR) is 88.9 cm³/mol. The van der Waals surface area contributed by atoms with E-state index in [1.807, 2.05) is 7.05 Å². The Labute approximate surface area is 135 Å². The Morgan fingerprint density at radius 3 is 2.52 bits per heavy atom. The average molecular weight is 330 g/mol. The number of hydrogen-bond donors (Lipinski definition) is 2. The topological polar surface area (TPSA) is 58.4 Å². The quantitative estimate of drug-likeness (QED) is 0.785. The summed E-state index contributed by atoms with van der Waals surface area (Å²) in [5, 5.41) is 3.46. The highest BCUT2D eigenvalue weighted by Crippen LogP contribution is 2.38. The van der Waals surface area contributed by atoms with Crippen molar-refractivity contribution in [3.63, 3.8) is 0 Å². The maximum absolute atomic E-state index is 12.0. The molecule has 1 fully saturated rings. The zero-order chi connectivity index (χ0) is 15.6. The standard InChI is InChI=1S/C15H21Cl2N3O/c1-9-5-10(9)8-20(2)4-3-14(21)19-15-12(16)6-11(18)7-13(15)17/h6-7,9-10H,3-5,8,18H2,1-2H3,(H,19,21). The molecule has 2 rings (SSSR count). The smallest absolute Gasteiger partial charge is 0.225 e. The number of rotatable bonds is 6. The number of nitrogens with two attached hydrogens (primary N) is 1. The number of nitrogens with zero attached hydrogens (tertiary/aromatic N) is 1. The van der Waals surface area contributed by atoms with E-state index in [1.165, 1.54) is 6.42 Å². The van der Waals surface area contributed by atoms with Crippen molar-refractivity contribution < 1.29 is 4.79 Å². The van der Waals surface area contributed by atoms with Crippen molar-refractivity contribution in [2.45, 2.75) is 19.8 Å². The van der Waals surface area contributed by atoms with Gasteiger partial charge in [0.05, 0.1) is 15.7 Å². The lowest BCUT2D eigenvalue weighted by atomic mass is 10.2. The SMILES string of the molecule is CC1CC1CN(C)CCC(=O)Nc1c(Cl)cc(N)cc1Cl. The van der Waals surface area contributed by atoms with E-state index in [0.717, 1.165) is 24.9 Å². The molecule has 2 unspecified atom stereocenters. The molecule has 0 bridgehead atoms. The van der Waals surface area contributed by atoms with Crippen LogP contribution >= 0.6 is 23.2 Å². The Morgan fingerprint density at radius 1 is 1.43 bits per heavy atom. The average Bonchev–Trinajstić information content (AvgIpc) is 3.06. The monoisotopic (exact) mass is 329 g/mol. The number of benzene rings is 1. The van der Waals surface area contributed by atoms with Crippen LogP contribution < -0.4 is 11.1 Å². The van der Waals surface area contributed by atoms with Crippen molar-refractivity contribution in [3.8, 4) is 0 Å². The fourth-order valence-corrected chi connectivity index (χ4v) is 2.95. The lowest BCUT2D eigenvalue weighted by Gasteiger charge is -2.16. The number of nitrogen functional groups attached to an aromatic ring is 1. The van der Waals surface area contributed by atoms with Gasteiger partial charge < -0.3 is 16.0 Å². The first-order chi connectivity index (χ1) is 9.86. The van der Waals surface area contributed by atoms with Gasteiger partial charge >= 0.3 is 0 Å². The molecular formula is C15H21Cl2N3O. The molecule has 0 saturated heterocycles. The van der Waals surface area contributed by atoms with E-state index in [9.17, 15) is 4.79 Å². The van der Waals surface area contributed by atoms with Crippen LogP contribution in [0.15, 0.2) is 12.1 Å². The molecule has 4 nitrogen and oxygen atoms in total. The van der Waals surface area contributed by atoms with Crippen LogP contribution in [0.25, 0.3) is 0 Å². The minimum Gasteiger partial charge on any atom is -0.399 e. The summed E-state index contributed by atoms with van der Waals surface area (Å²) in [6, 6.07) is 3.15. The van der Waals surface area contributed by atoms with E-state index < -0.39 is 0 Å². The number of hydrogen-bond acceptors (Lipinski definition) is 3. The second kappa shape index (κ2) is 6.86. The highest BCUT2D eigenvalue weighted by molar-refractivity contribution is 6.40. The molecule has 0 spiro atoms. The molecule has 6 heteroatoms. The van der Waals surface area contributed by atoms with Crippen LogP contribution in [0.2, 0.25) is 10.0 Å². The first-order valence-corrected chi connectivity index (χ1v) is 7.85. The van der Waals surface area contributed by atoms with E-state index in [2.05, 4.69) is 17.1 Å². The van der Waals surface area contributed by atoms with E-state index in [1.54, 1.807) is 12.1 Å². The number of amides is 1. The summed E-state index contributed by atoms with van der Waals surface area (Å²) in [5.74, 6) is 1.52. The summed E-state index contributed by atoms with van der Waals surface area (Å²) in [5.41, 5.74) is 6.53. The first kappa shape index (κ1) is 16.4. The minimum atomic E-state index is -0.0979. The lowest BCUT2D eigenvalue weighted by molar-refractivity contribution is -0.116. The van der Waals surface area contributed by atoms with Gasteiger partial charge in [0.15, 0.2) is 0 Å². The Balaban J connectivity index is 1.81. The first-order valence-electron chi connectivity index (χ1n) is 7.09. The molecule has 1 amide bonds. The Kier molecular flexibility index (Phi) is 5.36. The van der Waals surface area contributed by atoms with Gasteiger partial charge in [-0.05, 0) is 37.4 Å². The van der Waals surface area contributed by atoms with Crippen LogP contribution in [0.4, 0.5) is 11.4 Å². The van der Waals surface area contributed by atoms with Gasteiger partial charge in [0.25, 0.3) is 0 Å². The van der Waals surface area contributed by atoms with Gasteiger partial charge in [-0.3, -0.25) is 4.79 Å². The summed E-state index contributed by atoms with van der Waals surface area (Å²) < 4.78 is 0. The van der Waals surface area contributed by atoms with Crippen molar-refractivity contribution in [2.75, 3.05) is 31.2 Å². The highest BCUT2D eigenvalue weighted by Gasteiger charge is 2.32. The molecule has 0 radical (unpaired) electrons. The largest absolute Gasteiger partial charge is 0.399 e. The summed E-state index contributed by atoms with van der Waals surface area (Å²) >= 11 is 12.1. The minimum absolute atomic E-state index is 0.0979. The molecule has 1 aliphatic rings. The molecular weight excluding hydrogens is 309 g/mol. The van der Waals surface area contributed by atoms with Crippen molar-refractivity contribution >= 4 is 40.5 Å². The van der Waals surface area contributed by atoms with E-state index in [-0.39, 0.29) is 5.91 Å². The van der Waals surface area contributed by atoms with Crippen LogP contribution in [-0.2, 0) is 4.79 Å². The van der Waals surface area contributed by atoms with Crippen molar-refractivity contribution in [1.29, 1.82) is 0 Å². The third-order valence-electron chi connectivity index (χ3n) is 3.87. The second-order valence-corrected chi connectivity index (χ2v) is 6.71. The summed E-state index contributed by atoms with van der Waals surface area (Å²) in [6.45, 7) is 4.04. The van der Waals surface area contributed by atoms with E-state index >= 15 is 0 Å². The Hall–Kier alpha value is -0.970. The van der Waals surface area contributed by atoms with Gasteiger partial charge in [-0.25, -0.2) is 0 Å². The second-order valence-electron chi connectivity index (χ2n) is 5.89. The number of anilines is 2. The molecule has 21 heavy (non-hydrogen) atoms. The number of carbonyl (C=O) groups excluding carboxylic acids is 1. The van der Waals surface area contributed by atoms with Crippen molar-refractivity contribution in [2.24, 2.45) is 11.8 Å². The normalized spacial score (nSPS) is 20.6. The predicted octanol–water partition coefficient (Wildman–Crippen LogP) is 3.49. The van der Waals surface area contributed by atoms with Gasteiger partial charge in [-0.15, -0.1) is 0 Å². The number of nitrogens with one attached hydrogen (secondary N) is 1. The third kappa shape index (κ3) is 4.77. The fraction of sp³-hybridized carbons (Fsp3) is 0.533. The highest BCUT2D eigenvalue weighted by atomic mass is 35.5. The maximum Gasteiger partial charge on any atom is 0.225 e. The van der Waals surface area contributed by atoms with E-state index in [0.29, 0.717) is 27.8 Å². The maximum atomic E-state index is 12.0. The number of carbonyl (C=O) groups is 1. The van der Waals surface area contributed by atoms with Gasteiger partial charge in [-0.1, -0.05) is 30.1 Å². The summed E-state index contributed by atoms with van der Waals surface area (Å²) in [4.78, 5) is 14.2. The molecule has 116 valence electrons. The van der Waals surface area contributed by atoms with Gasteiger partial charge in [0.2, 0.25) is 5.91 Å². The van der Waals surface area contributed by atoms with Crippen LogP contribution in [0.1, 0.15) is 19.8 Å². The van der Waals surface area contributed by atoms with Crippen LogP contribution in [0.3, 0.4) is 0 Å². The molecule has 1 aliphatic carbocycles. The van der Waals surface area contributed by atoms with E-state index in [4.69, 9.17) is 28.9 Å². The molecule has 1 aromatic rings. The third-order valence-corrected chi connectivity index (χ3v) is 4.47. The molecule has 0 aliphatic heterocycles.